The van der Waals surface area contributed by atoms with Crippen molar-refractivity contribution in [2.24, 2.45) is 0 Å². The lowest BCUT2D eigenvalue weighted by Gasteiger charge is -2.18. The molecule has 4 heteroatoms. The molecule has 4 nitrogen and oxygen atoms in total. The minimum Gasteiger partial charge on any atom is -0.309 e. The Balaban J connectivity index is 0.984. The molecular formula is C58H42N4. The largest absolute Gasteiger partial charge is 0.309 e. The first-order valence-corrected chi connectivity index (χ1v) is 21.6. The summed E-state index contributed by atoms with van der Waals surface area (Å²) in [6, 6.07) is 67.5. The molecule has 0 bridgehead atoms. The first-order valence-electron chi connectivity index (χ1n) is 21.6. The molecule has 0 N–H and O–H groups in total. The summed E-state index contributed by atoms with van der Waals surface area (Å²) in [4.78, 5) is 10.8. The van der Waals surface area contributed by atoms with Gasteiger partial charge in [-0.2, -0.15) is 0 Å². The van der Waals surface area contributed by atoms with Crippen LogP contribution in [0.3, 0.4) is 0 Å². The van der Waals surface area contributed by atoms with E-state index in [-0.39, 0.29) is 5.92 Å². The van der Waals surface area contributed by atoms with Crippen LogP contribution in [0.1, 0.15) is 41.5 Å². The third-order valence-electron chi connectivity index (χ3n) is 12.8. The van der Waals surface area contributed by atoms with Crippen LogP contribution in [0.5, 0.6) is 0 Å². The van der Waals surface area contributed by atoms with Crippen molar-refractivity contribution in [3.05, 3.63) is 234 Å². The number of hydrogen-bond acceptors (Lipinski definition) is 2. The molecule has 0 spiro atoms. The molecule has 0 saturated heterocycles. The number of fused-ring (bicyclic) bond motifs is 6. The molecule has 0 aliphatic heterocycles. The molecule has 0 saturated carbocycles. The van der Waals surface area contributed by atoms with Gasteiger partial charge in [0.25, 0.3) is 0 Å². The minimum absolute atomic E-state index is 0.214. The van der Waals surface area contributed by atoms with Crippen molar-refractivity contribution in [1.29, 1.82) is 0 Å². The Labute approximate surface area is 360 Å². The smallest absolute Gasteiger partial charge is 0.235 e. The molecule has 0 fully saturated rings. The van der Waals surface area contributed by atoms with E-state index in [0.717, 1.165) is 46.2 Å². The van der Waals surface area contributed by atoms with Crippen molar-refractivity contribution in [1.82, 2.24) is 19.1 Å². The fourth-order valence-electron chi connectivity index (χ4n) is 9.75. The van der Waals surface area contributed by atoms with Crippen molar-refractivity contribution in [2.75, 3.05) is 0 Å². The van der Waals surface area contributed by atoms with Crippen LogP contribution in [0.15, 0.2) is 206 Å². The Hall–Kier alpha value is -7.82. The topological polar surface area (TPSA) is 35.6 Å². The van der Waals surface area contributed by atoms with Gasteiger partial charge in [0.15, 0.2) is 0 Å². The number of para-hydroxylation sites is 3. The second kappa shape index (κ2) is 15.0. The molecule has 10 aromatic rings. The lowest BCUT2D eigenvalue weighted by Crippen LogP contribution is -2.32. The molecule has 2 aliphatic carbocycles. The average Bonchev–Trinajstić information content (AvgIpc) is 3.87. The monoisotopic (exact) mass is 794 g/mol. The van der Waals surface area contributed by atoms with Gasteiger partial charge >= 0.3 is 0 Å². The van der Waals surface area contributed by atoms with Crippen LogP contribution in [-0.2, 0) is 0 Å². The van der Waals surface area contributed by atoms with Gasteiger partial charge in [-0.3, -0.25) is 4.57 Å². The quantitative estimate of drug-likeness (QED) is 0.161. The van der Waals surface area contributed by atoms with E-state index in [9.17, 15) is 0 Å². The minimum atomic E-state index is 0.214. The molecular weight excluding hydrogens is 753 g/mol. The number of hydrogen-bond donors (Lipinski definition) is 0. The SMILES string of the molecule is C1=CC(c2ccccc2)CC=C1c1cc(-c2ccc(-c3ccccc3)cc2)nc(-n2c3c(c4ccccc42)=CC(c2ccc4c(c2)c2ccccc2n4-c2ccccc2)CC=3)n1. The first-order chi connectivity index (χ1) is 30.7. The van der Waals surface area contributed by atoms with Crippen LogP contribution in [0.2, 0.25) is 0 Å². The third kappa shape index (κ3) is 6.22. The molecule has 0 radical (unpaired) electrons. The maximum atomic E-state index is 5.41. The van der Waals surface area contributed by atoms with Gasteiger partial charge in [-0.05, 0) is 83.1 Å². The molecule has 294 valence electrons. The molecule has 3 heterocycles. The van der Waals surface area contributed by atoms with E-state index in [1.54, 1.807) is 0 Å². The van der Waals surface area contributed by atoms with Gasteiger partial charge in [-0.15, -0.1) is 0 Å². The summed E-state index contributed by atoms with van der Waals surface area (Å²) in [5.41, 5.74) is 13.7. The Morgan fingerprint density at radius 1 is 0.435 bits per heavy atom. The second-order valence-corrected chi connectivity index (χ2v) is 16.5. The highest BCUT2D eigenvalue weighted by molar-refractivity contribution is 6.09. The molecule has 2 unspecified atom stereocenters. The summed E-state index contributed by atoms with van der Waals surface area (Å²) in [6.45, 7) is 0. The zero-order valence-electron chi connectivity index (χ0n) is 34.1. The van der Waals surface area contributed by atoms with E-state index in [4.69, 9.17) is 9.97 Å². The maximum Gasteiger partial charge on any atom is 0.235 e. The summed E-state index contributed by atoms with van der Waals surface area (Å²) in [5.74, 6) is 1.24. The van der Waals surface area contributed by atoms with E-state index in [1.165, 1.54) is 60.4 Å². The molecule has 7 aromatic carbocycles. The standard InChI is InChI=1S/C58H42N4/c1-4-14-39(15-5-1)41-24-28-43(29-25-41)52-38-53(44-30-26-42(27-31-44)40-16-6-2-7-17-40)60-58(59-52)62-55-23-13-11-21-49(55)51-37-46(33-35-57(51)62)45-32-34-56-50(36-45)48-20-10-12-22-54(48)61(56)47-18-8-3-9-19-47/h1-26,28-32,34-38,42,46H,27,33H2. The van der Waals surface area contributed by atoms with Crippen molar-refractivity contribution in [3.8, 4) is 34.0 Å². The highest BCUT2D eigenvalue weighted by Crippen LogP contribution is 2.36. The van der Waals surface area contributed by atoms with E-state index in [2.05, 4.69) is 228 Å². The molecule has 2 aliphatic rings. The Morgan fingerprint density at radius 3 is 1.81 bits per heavy atom. The normalized spacial score (nSPS) is 15.9. The number of rotatable bonds is 7. The second-order valence-electron chi connectivity index (χ2n) is 16.5. The molecule has 12 rings (SSSR count). The zero-order valence-corrected chi connectivity index (χ0v) is 34.1. The molecule has 0 amide bonds. The summed E-state index contributed by atoms with van der Waals surface area (Å²) in [7, 11) is 0. The fraction of sp³-hybridized carbons (Fsp3) is 0.0690. The van der Waals surface area contributed by atoms with Crippen LogP contribution in [0.25, 0.3) is 84.5 Å². The summed E-state index contributed by atoms with van der Waals surface area (Å²) in [6.07, 6.45) is 13.6. The van der Waals surface area contributed by atoms with E-state index >= 15 is 0 Å². The van der Waals surface area contributed by atoms with Crippen LogP contribution >= 0.6 is 0 Å². The van der Waals surface area contributed by atoms with E-state index < -0.39 is 0 Å². The van der Waals surface area contributed by atoms with Crippen molar-refractivity contribution in [3.63, 3.8) is 0 Å². The fourth-order valence-corrected chi connectivity index (χ4v) is 9.75. The predicted octanol–water partition coefficient (Wildman–Crippen LogP) is 12.7. The number of nitrogens with zero attached hydrogens (tertiary/aromatic N) is 4. The average molecular weight is 795 g/mol. The highest BCUT2D eigenvalue weighted by atomic mass is 15.2. The molecule has 62 heavy (non-hydrogen) atoms. The summed E-state index contributed by atoms with van der Waals surface area (Å²) < 4.78 is 4.68. The van der Waals surface area contributed by atoms with Gasteiger partial charge in [-0.1, -0.05) is 176 Å². The van der Waals surface area contributed by atoms with Crippen molar-refractivity contribution in [2.45, 2.75) is 24.7 Å². The van der Waals surface area contributed by atoms with Crippen LogP contribution in [0.4, 0.5) is 0 Å². The Bertz CT molecular complexity index is 3500. The Morgan fingerprint density at radius 2 is 1.05 bits per heavy atom. The van der Waals surface area contributed by atoms with Gasteiger partial charge in [0.05, 0.1) is 33.3 Å². The van der Waals surface area contributed by atoms with E-state index in [1.807, 2.05) is 0 Å². The van der Waals surface area contributed by atoms with Crippen LogP contribution in [0, 0.1) is 0 Å². The van der Waals surface area contributed by atoms with Gasteiger partial charge in [0.2, 0.25) is 5.95 Å². The van der Waals surface area contributed by atoms with Gasteiger partial charge in [0, 0.05) is 44.5 Å². The number of allylic oxidation sites excluding steroid dienone is 4. The van der Waals surface area contributed by atoms with Gasteiger partial charge < -0.3 is 4.57 Å². The van der Waals surface area contributed by atoms with Crippen LogP contribution in [-0.4, -0.2) is 19.1 Å². The molecule has 3 aromatic heterocycles. The highest BCUT2D eigenvalue weighted by Gasteiger charge is 2.22. The number of benzene rings is 7. The lowest BCUT2D eigenvalue weighted by molar-refractivity contribution is 0.854. The summed E-state index contributed by atoms with van der Waals surface area (Å²) in [5, 5.41) is 6.12. The Kier molecular flexibility index (Phi) is 8.74. The maximum absolute atomic E-state index is 5.41. The summed E-state index contributed by atoms with van der Waals surface area (Å²) >= 11 is 0. The van der Waals surface area contributed by atoms with Gasteiger partial charge in [-0.25, -0.2) is 9.97 Å². The zero-order chi connectivity index (χ0) is 41.0. The van der Waals surface area contributed by atoms with E-state index in [0.29, 0.717) is 11.9 Å². The molecule has 2 atom stereocenters. The predicted molar refractivity (Wildman–Crippen MR) is 257 cm³/mol. The third-order valence-corrected chi connectivity index (χ3v) is 12.8. The number of aromatic nitrogens is 4. The lowest BCUT2D eigenvalue weighted by atomic mass is 9.89. The van der Waals surface area contributed by atoms with Crippen molar-refractivity contribution < 1.29 is 0 Å². The van der Waals surface area contributed by atoms with Gasteiger partial charge in [0.1, 0.15) is 0 Å². The van der Waals surface area contributed by atoms with Crippen molar-refractivity contribution >= 4 is 50.4 Å². The first kappa shape index (κ1) is 36.1. The van der Waals surface area contributed by atoms with Crippen LogP contribution < -0.4 is 10.6 Å².